The third kappa shape index (κ3) is 2.54. The number of nitrogens with one attached hydrogen (secondary N) is 1. The average Bonchev–Trinajstić information content (AvgIpc) is 2.56. The van der Waals surface area contributed by atoms with Crippen LogP contribution in [0, 0.1) is 4.64 Å². The molecule has 3 rings (SSSR count). The predicted octanol–water partition coefficient (Wildman–Crippen LogP) is 3.31. The van der Waals surface area contributed by atoms with E-state index in [0.717, 1.165) is 5.69 Å². The number of para-hydroxylation sites is 1. The van der Waals surface area contributed by atoms with Gasteiger partial charge in [0, 0.05) is 11.9 Å². The van der Waals surface area contributed by atoms with Gasteiger partial charge in [-0.2, -0.15) is 0 Å². The van der Waals surface area contributed by atoms with Crippen LogP contribution in [-0.4, -0.2) is 21.6 Å². The Hall–Kier alpha value is -2.44. The summed E-state index contributed by atoms with van der Waals surface area (Å²) in [5.74, 6) is 1.15. The van der Waals surface area contributed by atoms with Crippen molar-refractivity contribution in [2.24, 2.45) is 0 Å². The Bertz CT molecular complexity index is 862. The molecular formula is C16H15N3O2S. The molecule has 0 aliphatic heterocycles. The van der Waals surface area contributed by atoms with E-state index in [0.29, 0.717) is 27.4 Å². The van der Waals surface area contributed by atoms with Gasteiger partial charge in [-0.05, 0) is 24.3 Å². The summed E-state index contributed by atoms with van der Waals surface area (Å²) >= 11 is 5.47. The number of nitrogens with zero attached hydrogens (tertiary/aromatic N) is 2. The summed E-state index contributed by atoms with van der Waals surface area (Å²) < 4.78 is 7.58. The van der Waals surface area contributed by atoms with E-state index < -0.39 is 0 Å². The first kappa shape index (κ1) is 14.5. The van der Waals surface area contributed by atoms with Crippen LogP contribution in [0.25, 0.3) is 5.65 Å². The second-order valence-corrected chi connectivity index (χ2v) is 5.05. The first-order valence-corrected chi connectivity index (χ1v) is 7.16. The van der Waals surface area contributed by atoms with E-state index in [4.69, 9.17) is 17.0 Å². The highest BCUT2D eigenvalue weighted by molar-refractivity contribution is 7.71. The maximum absolute atomic E-state index is 9.67. The van der Waals surface area contributed by atoms with Gasteiger partial charge in [-0.25, -0.2) is 4.98 Å². The third-order valence-corrected chi connectivity index (χ3v) is 3.77. The molecule has 0 aliphatic carbocycles. The minimum Gasteiger partial charge on any atom is -0.493 e. The quantitative estimate of drug-likeness (QED) is 0.724. The highest BCUT2D eigenvalue weighted by atomic mass is 32.1. The molecule has 0 amide bonds. The smallest absolute Gasteiger partial charge is 0.182 e. The number of aromatic nitrogens is 2. The first-order chi connectivity index (χ1) is 10.7. The molecule has 3 aromatic rings. The Balaban J connectivity index is 2.22. The van der Waals surface area contributed by atoms with Crippen LogP contribution in [0.2, 0.25) is 0 Å². The molecule has 0 atom stereocenters. The van der Waals surface area contributed by atoms with Crippen LogP contribution in [-0.2, 0) is 6.61 Å². The van der Waals surface area contributed by atoms with E-state index in [2.05, 4.69) is 10.3 Å². The third-order valence-electron chi connectivity index (χ3n) is 3.33. The van der Waals surface area contributed by atoms with Crippen molar-refractivity contribution in [3.63, 3.8) is 0 Å². The van der Waals surface area contributed by atoms with Gasteiger partial charge < -0.3 is 15.2 Å². The number of benzene rings is 1. The molecule has 1 aromatic carbocycles. The minimum atomic E-state index is -0.193. The molecule has 0 radical (unpaired) electrons. The molecular weight excluding hydrogens is 298 g/mol. The summed E-state index contributed by atoms with van der Waals surface area (Å²) in [7, 11) is 1.59. The van der Waals surface area contributed by atoms with Crippen LogP contribution in [0.5, 0.6) is 5.75 Å². The van der Waals surface area contributed by atoms with Crippen LogP contribution in [0.3, 0.4) is 0 Å². The molecule has 5 nitrogen and oxygen atoms in total. The van der Waals surface area contributed by atoms with E-state index in [1.165, 1.54) is 0 Å². The minimum absolute atomic E-state index is 0.193. The molecule has 0 spiro atoms. The number of pyridine rings is 1. The van der Waals surface area contributed by atoms with Gasteiger partial charge in [-0.3, -0.25) is 4.40 Å². The van der Waals surface area contributed by atoms with Crippen LogP contribution < -0.4 is 10.1 Å². The zero-order valence-electron chi connectivity index (χ0n) is 12.0. The van der Waals surface area contributed by atoms with Gasteiger partial charge in [0.25, 0.3) is 0 Å². The van der Waals surface area contributed by atoms with E-state index in [9.17, 15) is 5.11 Å². The number of ether oxygens (including phenoxy) is 1. The number of hydrogen-bond acceptors (Lipinski definition) is 5. The second-order valence-electron chi connectivity index (χ2n) is 4.66. The van der Waals surface area contributed by atoms with Gasteiger partial charge in [-0.1, -0.05) is 30.4 Å². The van der Waals surface area contributed by atoms with E-state index in [-0.39, 0.29) is 6.61 Å². The molecule has 112 valence electrons. The fraction of sp³-hybridized carbons (Fsp3) is 0.125. The van der Waals surface area contributed by atoms with Crippen LogP contribution in [0.1, 0.15) is 5.56 Å². The Kier molecular flexibility index (Phi) is 4.04. The molecule has 0 aliphatic rings. The van der Waals surface area contributed by atoms with Gasteiger partial charge in [0.15, 0.2) is 11.4 Å². The Morgan fingerprint density at radius 2 is 2.00 bits per heavy atom. The molecule has 2 aromatic heterocycles. The number of methoxy groups -OCH3 is 1. The average molecular weight is 313 g/mol. The van der Waals surface area contributed by atoms with Gasteiger partial charge in [0.1, 0.15) is 10.5 Å². The zero-order valence-corrected chi connectivity index (χ0v) is 12.8. The monoisotopic (exact) mass is 313 g/mol. The highest BCUT2D eigenvalue weighted by Crippen LogP contribution is 2.25. The number of rotatable bonds is 4. The molecule has 2 heterocycles. The van der Waals surface area contributed by atoms with Crippen LogP contribution >= 0.6 is 12.2 Å². The predicted molar refractivity (Wildman–Crippen MR) is 88.2 cm³/mol. The largest absolute Gasteiger partial charge is 0.493 e. The summed E-state index contributed by atoms with van der Waals surface area (Å²) in [6.45, 7) is -0.193. The maximum atomic E-state index is 9.67. The Morgan fingerprint density at radius 3 is 2.68 bits per heavy atom. The molecule has 0 bridgehead atoms. The summed E-state index contributed by atoms with van der Waals surface area (Å²) in [6.07, 6.45) is 1.80. The fourth-order valence-corrected chi connectivity index (χ4v) is 2.55. The van der Waals surface area contributed by atoms with E-state index >= 15 is 0 Å². The topological polar surface area (TPSA) is 58.8 Å². The van der Waals surface area contributed by atoms with Crippen molar-refractivity contribution in [3.8, 4) is 5.75 Å². The van der Waals surface area contributed by atoms with Gasteiger partial charge in [0.2, 0.25) is 0 Å². The summed E-state index contributed by atoms with van der Waals surface area (Å²) in [6, 6.07) is 13.3. The van der Waals surface area contributed by atoms with Gasteiger partial charge >= 0.3 is 0 Å². The highest BCUT2D eigenvalue weighted by Gasteiger charge is 2.12. The van der Waals surface area contributed by atoms with Crippen molar-refractivity contribution < 1.29 is 9.84 Å². The fourth-order valence-electron chi connectivity index (χ4n) is 2.24. The van der Waals surface area contributed by atoms with E-state index in [1.807, 2.05) is 42.5 Å². The zero-order chi connectivity index (χ0) is 15.5. The molecule has 22 heavy (non-hydrogen) atoms. The standard InChI is InChI=1S/C16H15N3O2S/c1-21-13-8-5-9-19-15(13)18-14(12(10-20)16(19)22)17-11-6-3-2-4-7-11/h2-9,17,20H,10H2,1H3. The molecule has 0 saturated heterocycles. The lowest BCUT2D eigenvalue weighted by molar-refractivity contribution is 0.281. The SMILES string of the molecule is COc1cccn2c(=S)c(CO)c(Nc3ccccc3)nc12. The summed E-state index contributed by atoms with van der Waals surface area (Å²) in [5.41, 5.74) is 2.05. The maximum Gasteiger partial charge on any atom is 0.182 e. The number of fused-ring (bicyclic) bond motifs is 1. The number of hydrogen-bond donors (Lipinski definition) is 2. The van der Waals surface area contributed by atoms with Crippen LogP contribution in [0.4, 0.5) is 11.5 Å². The van der Waals surface area contributed by atoms with Gasteiger partial charge in [0.05, 0.1) is 19.3 Å². The van der Waals surface area contributed by atoms with Crippen molar-refractivity contribution in [1.29, 1.82) is 0 Å². The molecule has 0 fully saturated rings. The number of aliphatic hydroxyl groups excluding tert-OH is 1. The second kappa shape index (κ2) is 6.13. The van der Waals surface area contributed by atoms with E-state index in [1.54, 1.807) is 17.7 Å². The van der Waals surface area contributed by atoms with Crippen molar-refractivity contribution in [2.75, 3.05) is 12.4 Å². The lowest BCUT2D eigenvalue weighted by Gasteiger charge is -2.14. The summed E-state index contributed by atoms with van der Waals surface area (Å²) in [4.78, 5) is 4.57. The van der Waals surface area contributed by atoms with Crippen molar-refractivity contribution in [1.82, 2.24) is 9.38 Å². The van der Waals surface area contributed by atoms with Crippen molar-refractivity contribution in [2.45, 2.75) is 6.61 Å². The number of anilines is 2. The Morgan fingerprint density at radius 1 is 1.23 bits per heavy atom. The number of aliphatic hydroxyl groups is 1. The van der Waals surface area contributed by atoms with Crippen molar-refractivity contribution in [3.05, 3.63) is 58.9 Å². The van der Waals surface area contributed by atoms with Crippen molar-refractivity contribution >= 4 is 29.4 Å². The Labute approximate surface area is 132 Å². The summed E-state index contributed by atoms with van der Waals surface area (Å²) in [5, 5.41) is 12.9. The molecule has 2 N–H and O–H groups in total. The first-order valence-electron chi connectivity index (χ1n) is 6.75. The lowest BCUT2D eigenvalue weighted by Crippen LogP contribution is -2.06. The normalized spacial score (nSPS) is 10.6. The molecule has 0 unspecified atom stereocenters. The van der Waals surface area contributed by atoms with Crippen LogP contribution in [0.15, 0.2) is 48.7 Å². The molecule has 6 heteroatoms. The lowest BCUT2D eigenvalue weighted by atomic mass is 10.2. The molecule has 0 saturated carbocycles. The van der Waals surface area contributed by atoms with Gasteiger partial charge in [-0.15, -0.1) is 0 Å².